The zero-order valence-electron chi connectivity index (χ0n) is 22.1. The highest BCUT2D eigenvalue weighted by Gasteiger charge is 2.32. The van der Waals surface area contributed by atoms with E-state index < -0.39 is 11.7 Å². The molecule has 4 rings (SSSR count). The van der Waals surface area contributed by atoms with Crippen molar-refractivity contribution in [2.24, 2.45) is 4.99 Å². The molecule has 1 heterocycles. The summed E-state index contributed by atoms with van der Waals surface area (Å²) in [5, 5.41) is 3.23. The van der Waals surface area contributed by atoms with Gasteiger partial charge in [0, 0.05) is 16.7 Å². The lowest BCUT2D eigenvalue weighted by atomic mass is 10.2. The number of hydrogen-bond acceptors (Lipinski definition) is 7. The molecule has 0 radical (unpaired) electrons. The van der Waals surface area contributed by atoms with Crippen molar-refractivity contribution in [3.63, 3.8) is 0 Å². The number of aliphatic imine (C=N–C) groups is 1. The van der Waals surface area contributed by atoms with E-state index in [0.717, 1.165) is 5.75 Å². The van der Waals surface area contributed by atoms with E-state index in [9.17, 15) is 14.0 Å². The standard InChI is InChI=1S/C29H27BrFN3O5S/c1-4-34-28(36)26(40-29(34)33-21-10-12-22(37-3)13-11-21)15-18-14-24(38-5-2)25(16-23(18)30)39-17-27(35)32-20-8-6-19(31)7-9-20/h6-16H,4-5,17H2,1-3H3,(H,32,35)/b26-15+,33-29?. The highest BCUT2D eigenvalue weighted by atomic mass is 79.9. The third-order valence-electron chi connectivity index (χ3n) is 5.64. The molecule has 0 bridgehead atoms. The van der Waals surface area contributed by atoms with E-state index in [1.807, 2.05) is 38.1 Å². The zero-order valence-corrected chi connectivity index (χ0v) is 24.5. The van der Waals surface area contributed by atoms with Gasteiger partial charge in [0.15, 0.2) is 23.3 Å². The average Bonchev–Trinajstić information content (AvgIpc) is 3.24. The topological polar surface area (TPSA) is 89.5 Å². The Hall–Kier alpha value is -3.83. The smallest absolute Gasteiger partial charge is 0.266 e. The van der Waals surface area contributed by atoms with Crippen molar-refractivity contribution >= 4 is 62.1 Å². The maximum Gasteiger partial charge on any atom is 0.266 e. The van der Waals surface area contributed by atoms with Crippen molar-refractivity contribution in [2.45, 2.75) is 13.8 Å². The number of thioether (sulfide) groups is 1. The van der Waals surface area contributed by atoms with Crippen molar-refractivity contribution in [3.05, 3.63) is 81.4 Å². The second kappa shape index (κ2) is 13.5. The lowest BCUT2D eigenvalue weighted by Gasteiger charge is -2.14. The fraction of sp³-hybridized carbons (Fsp3) is 0.207. The number of nitrogens with one attached hydrogen (secondary N) is 1. The summed E-state index contributed by atoms with van der Waals surface area (Å²) < 4.78 is 30.5. The molecular formula is C29H27BrFN3O5S. The predicted molar refractivity (Wildman–Crippen MR) is 159 cm³/mol. The maximum absolute atomic E-state index is 13.2. The number of likely N-dealkylation sites (N-methyl/N-ethyl adjacent to an activating group) is 1. The molecular weight excluding hydrogens is 601 g/mol. The minimum Gasteiger partial charge on any atom is -0.497 e. The van der Waals surface area contributed by atoms with E-state index in [0.29, 0.717) is 56.1 Å². The molecule has 0 aromatic heterocycles. The van der Waals surface area contributed by atoms with Gasteiger partial charge in [-0.15, -0.1) is 0 Å². The molecule has 0 saturated carbocycles. The third kappa shape index (κ3) is 7.22. The highest BCUT2D eigenvalue weighted by Crippen LogP contribution is 2.39. The van der Waals surface area contributed by atoms with Crippen LogP contribution < -0.4 is 19.5 Å². The predicted octanol–water partition coefficient (Wildman–Crippen LogP) is 6.64. The van der Waals surface area contributed by atoms with Crippen LogP contribution in [0.25, 0.3) is 6.08 Å². The number of amides is 2. The van der Waals surface area contributed by atoms with Crippen LogP contribution in [-0.2, 0) is 9.59 Å². The molecule has 11 heteroatoms. The third-order valence-corrected chi connectivity index (χ3v) is 7.33. The number of ether oxygens (including phenoxy) is 3. The molecule has 0 aliphatic carbocycles. The van der Waals surface area contributed by atoms with Crippen LogP contribution in [0.5, 0.6) is 17.2 Å². The molecule has 3 aromatic rings. The normalized spacial score (nSPS) is 15.0. The fourth-order valence-corrected chi connectivity index (χ4v) is 5.19. The number of nitrogens with zero attached hydrogens (tertiary/aromatic N) is 2. The minimum absolute atomic E-state index is 0.151. The van der Waals surface area contributed by atoms with Gasteiger partial charge in [-0.2, -0.15) is 0 Å². The summed E-state index contributed by atoms with van der Waals surface area (Å²) in [6.45, 7) is 4.28. The van der Waals surface area contributed by atoms with Gasteiger partial charge >= 0.3 is 0 Å². The Kier molecular flexibility index (Phi) is 9.84. The first-order valence-corrected chi connectivity index (χ1v) is 14.0. The van der Waals surface area contributed by atoms with Gasteiger partial charge in [0.05, 0.1) is 24.3 Å². The molecule has 40 heavy (non-hydrogen) atoms. The monoisotopic (exact) mass is 627 g/mol. The van der Waals surface area contributed by atoms with Crippen molar-refractivity contribution in [1.82, 2.24) is 4.90 Å². The number of halogens is 2. The number of hydrogen-bond donors (Lipinski definition) is 1. The first-order chi connectivity index (χ1) is 19.3. The molecule has 0 spiro atoms. The lowest BCUT2D eigenvalue weighted by molar-refractivity contribution is -0.122. The van der Waals surface area contributed by atoms with Crippen LogP contribution in [-0.4, -0.2) is 48.8 Å². The van der Waals surface area contributed by atoms with Gasteiger partial charge in [0.25, 0.3) is 11.8 Å². The van der Waals surface area contributed by atoms with Crippen molar-refractivity contribution in [3.8, 4) is 17.2 Å². The number of benzene rings is 3. The molecule has 1 saturated heterocycles. The Morgan fingerprint density at radius 3 is 2.42 bits per heavy atom. The summed E-state index contributed by atoms with van der Waals surface area (Å²) in [4.78, 5) is 32.3. The number of amidine groups is 1. The van der Waals surface area contributed by atoms with Gasteiger partial charge in [-0.25, -0.2) is 9.38 Å². The molecule has 208 valence electrons. The van der Waals surface area contributed by atoms with Gasteiger partial charge in [0.2, 0.25) is 0 Å². The van der Waals surface area contributed by atoms with E-state index in [2.05, 4.69) is 26.2 Å². The summed E-state index contributed by atoms with van der Waals surface area (Å²) in [6.07, 6.45) is 1.77. The second-order valence-corrected chi connectivity index (χ2v) is 10.2. The molecule has 2 amide bonds. The zero-order chi connectivity index (χ0) is 28.6. The van der Waals surface area contributed by atoms with E-state index in [1.54, 1.807) is 30.2 Å². The van der Waals surface area contributed by atoms with Crippen molar-refractivity contribution < 1.29 is 28.2 Å². The Bertz CT molecular complexity index is 1450. The van der Waals surface area contributed by atoms with Gasteiger partial charge < -0.3 is 19.5 Å². The maximum atomic E-state index is 13.2. The van der Waals surface area contributed by atoms with Gasteiger partial charge in [-0.3, -0.25) is 14.5 Å². The molecule has 3 aromatic carbocycles. The quantitative estimate of drug-likeness (QED) is 0.254. The van der Waals surface area contributed by atoms with Crippen LogP contribution in [0.1, 0.15) is 19.4 Å². The van der Waals surface area contributed by atoms with Gasteiger partial charge in [0.1, 0.15) is 11.6 Å². The fourth-order valence-electron chi connectivity index (χ4n) is 3.69. The van der Waals surface area contributed by atoms with Crippen LogP contribution >= 0.6 is 27.7 Å². The molecule has 0 atom stereocenters. The second-order valence-electron chi connectivity index (χ2n) is 8.35. The summed E-state index contributed by atoms with van der Waals surface area (Å²) in [6, 6.07) is 16.2. The molecule has 1 aliphatic heterocycles. The Labute approximate surface area is 244 Å². The van der Waals surface area contributed by atoms with Crippen LogP contribution in [0, 0.1) is 5.82 Å². The van der Waals surface area contributed by atoms with Crippen LogP contribution in [0.3, 0.4) is 0 Å². The summed E-state index contributed by atoms with van der Waals surface area (Å²) in [5.41, 5.74) is 1.86. The summed E-state index contributed by atoms with van der Waals surface area (Å²) >= 11 is 4.84. The molecule has 8 nitrogen and oxygen atoms in total. The first kappa shape index (κ1) is 29.2. The van der Waals surface area contributed by atoms with E-state index in [4.69, 9.17) is 14.2 Å². The van der Waals surface area contributed by atoms with E-state index in [1.165, 1.54) is 36.0 Å². The lowest BCUT2D eigenvalue weighted by Crippen LogP contribution is -2.28. The Morgan fingerprint density at radius 2 is 1.77 bits per heavy atom. The summed E-state index contributed by atoms with van der Waals surface area (Å²) in [5.74, 6) is 0.545. The van der Waals surface area contributed by atoms with E-state index >= 15 is 0 Å². The molecule has 0 unspecified atom stereocenters. The molecule has 1 fully saturated rings. The Morgan fingerprint density at radius 1 is 1.07 bits per heavy atom. The van der Waals surface area contributed by atoms with Crippen molar-refractivity contribution in [2.75, 3.05) is 32.2 Å². The summed E-state index contributed by atoms with van der Waals surface area (Å²) in [7, 11) is 1.60. The number of carbonyl (C=O) groups excluding carboxylic acids is 2. The van der Waals surface area contributed by atoms with Gasteiger partial charge in [-0.05, 0) is 97.9 Å². The van der Waals surface area contributed by atoms with Gasteiger partial charge in [-0.1, -0.05) is 15.9 Å². The first-order valence-electron chi connectivity index (χ1n) is 12.4. The van der Waals surface area contributed by atoms with Crippen molar-refractivity contribution in [1.29, 1.82) is 0 Å². The molecule has 1 aliphatic rings. The number of rotatable bonds is 10. The number of carbonyl (C=O) groups is 2. The minimum atomic E-state index is -0.410. The number of anilines is 1. The SMILES string of the molecule is CCOc1cc(/C=C2/SC(=Nc3ccc(OC)cc3)N(CC)C2=O)c(Br)cc1OCC(=O)Nc1ccc(F)cc1. The van der Waals surface area contributed by atoms with Crippen LogP contribution in [0.4, 0.5) is 15.8 Å². The average molecular weight is 629 g/mol. The highest BCUT2D eigenvalue weighted by molar-refractivity contribution is 9.10. The molecule has 1 N–H and O–H groups in total. The Balaban J connectivity index is 1.53. The van der Waals surface area contributed by atoms with Crippen LogP contribution in [0.2, 0.25) is 0 Å². The largest absolute Gasteiger partial charge is 0.497 e. The number of methoxy groups -OCH3 is 1. The van der Waals surface area contributed by atoms with E-state index in [-0.39, 0.29) is 12.5 Å². The van der Waals surface area contributed by atoms with Crippen LogP contribution in [0.15, 0.2) is 75.0 Å².